The molecule has 0 saturated carbocycles. The third-order valence-corrected chi connectivity index (χ3v) is 5.77. The van der Waals surface area contributed by atoms with Crippen LogP contribution >= 0.6 is 0 Å². The lowest BCUT2D eigenvalue weighted by molar-refractivity contribution is 0.459. The average Bonchev–Trinajstić information content (AvgIpc) is 2.65. The quantitative estimate of drug-likeness (QED) is 0.140. The molecule has 0 radical (unpaired) electrons. The molecule has 0 bridgehead atoms. The van der Waals surface area contributed by atoms with Crippen LogP contribution in [0, 0.1) is 5.92 Å². The van der Waals surface area contributed by atoms with Crippen LogP contribution in [0.2, 0.25) is 0 Å². The van der Waals surface area contributed by atoms with E-state index in [1.807, 2.05) is 0 Å². The van der Waals surface area contributed by atoms with E-state index in [0.717, 1.165) is 5.92 Å². The summed E-state index contributed by atoms with van der Waals surface area (Å²) in [4.78, 5) is 0. The molecular formula is C26H52. The summed E-state index contributed by atoms with van der Waals surface area (Å²) in [5.74, 6) is 0.920. The van der Waals surface area contributed by atoms with Crippen molar-refractivity contribution >= 4 is 0 Å². The summed E-state index contributed by atoms with van der Waals surface area (Å²) in [6, 6.07) is 0. The Balaban J connectivity index is 3.20. The standard InChI is InChI=1S/C26H52/c1-4-6-8-10-12-13-14-15-16-17-18-19-21-23-25-26(3)24-22-20-11-9-7-5-2/h19,21,26H,4-18,20,22-25H2,1-3H3/t26-/m0/s1. The topological polar surface area (TPSA) is 0 Å². The molecule has 0 unspecified atom stereocenters. The van der Waals surface area contributed by atoms with E-state index in [1.165, 1.54) is 128 Å². The van der Waals surface area contributed by atoms with Gasteiger partial charge < -0.3 is 0 Å². The first-order valence-corrected chi connectivity index (χ1v) is 12.5. The van der Waals surface area contributed by atoms with E-state index >= 15 is 0 Å². The van der Waals surface area contributed by atoms with Crippen LogP contribution in [0.3, 0.4) is 0 Å². The molecule has 0 aromatic rings. The zero-order valence-corrected chi connectivity index (χ0v) is 18.9. The molecule has 0 heterocycles. The van der Waals surface area contributed by atoms with Gasteiger partial charge in [-0.15, -0.1) is 0 Å². The van der Waals surface area contributed by atoms with Gasteiger partial charge in [0.25, 0.3) is 0 Å². The Labute approximate surface area is 167 Å². The third-order valence-electron chi connectivity index (χ3n) is 5.77. The molecule has 26 heavy (non-hydrogen) atoms. The smallest absolute Gasteiger partial charge is 0.0348 e. The maximum atomic E-state index is 2.45. The van der Waals surface area contributed by atoms with Crippen LogP contribution in [0.15, 0.2) is 12.2 Å². The number of unbranched alkanes of at least 4 members (excludes halogenated alkanes) is 15. The maximum Gasteiger partial charge on any atom is -0.0348 e. The lowest BCUT2D eigenvalue weighted by atomic mass is 9.97. The zero-order chi connectivity index (χ0) is 19.1. The molecule has 0 aromatic heterocycles. The van der Waals surface area contributed by atoms with Gasteiger partial charge in [0.1, 0.15) is 0 Å². The monoisotopic (exact) mass is 364 g/mol. The zero-order valence-electron chi connectivity index (χ0n) is 18.9. The first kappa shape index (κ1) is 25.7. The van der Waals surface area contributed by atoms with Crippen molar-refractivity contribution in [1.29, 1.82) is 0 Å². The van der Waals surface area contributed by atoms with Crippen LogP contribution in [0.4, 0.5) is 0 Å². The van der Waals surface area contributed by atoms with Crippen molar-refractivity contribution in [3.63, 3.8) is 0 Å². The van der Waals surface area contributed by atoms with Gasteiger partial charge in [-0.05, 0) is 31.6 Å². The van der Waals surface area contributed by atoms with Crippen LogP contribution in [-0.4, -0.2) is 0 Å². The van der Waals surface area contributed by atoms with Gasteiger partial charge >= 0.3 is 0 Å². The number of hydrogen-bond acceptors (Lipinski definition) is 0. The lowest BCUT2D eigenvalue weighted by Crippen LogP contribution is -1.94. The fourth-order valence-electron chi connectivity index (χ4n) is 3.78. The highest BCUT2D eigenvalue weighted by Gasteiger charge is 2.00. The minimum Gasteiger partial charge on any atom is -0.0885 e. The number of hydrogen-bond donors (Lipinski definition) is 0. The van der Waals surface area contributed by atoms with E-state index in [1.54, 1.807) is 0 Å². The van der Waals surface area contributed by atoms with Crippen LogP contribution in [0.5, 0.6) is 0 Å². The largest absolute Gasteiger partial charge is 0.0885 e. The Kier molecular flexibility index (Phi) is 22.6. The second kappa shape index (κ2) is 22.8. The Hall–Kier alpha value is -0.260. The number of rotatable bonds is 21. The molecule has 0 fully saturated rings. The predicted octanol–water partition coefficient (Wildman–Crippen LogP) is 10.0. The molecule has 0 spiro atoms. The fourth-order valence-corrected chi connectivity index (χ4v) is 3.78. The molecule has 0 aliphatic heterocycles. The predicted molar refractivity (Wildman–Crippen MR) is 122 cm³/mol. The maximum absolute atomic E-state index is 2.45. The van der Waals surface area contributed by atoms with Crippen molar-refractivity contribution in [2.24, 2.45) is 5.92 Å². The van der Waals surface area contributed by atoms with Gasteiger partial charge in [-0.1, -0.05) is 136 Å². The summed E-state index contributed by atoms with van der Waals surface area (Å²) in [6.07, 6.45) is 33.4. The van der Waals surface area contributed by atoms with E-state index < -0.39 is 0 Å². The Morgan fingerprint density at radius 1 is 0.462 bits per heavy atom. The summed E-state index contributed by atoms with van der Waals surface area (Å²) in [7, 11) is 0. The van der Waals surface area contributed by atoms with Crippen molar-refractivity contribution < 1.29 is 0 Å². The van der Waals surface area contributed by atoms with E-state index in [4.69, 9.17) is 0 Å². The molecule has 156 valence electrons. The summed E-state index contributed by atoms with van der Waals surface area (Å²) >= 11 is 0. The molecule has 1 atom stereocenters. The van der Waals surface area contributed by atoms with Gasteiger partial charge in [0.2, 0.25) is 0 Å². The van der Waals surface area contributed by atoms with E-state index in [0.29, 0.717) is 0 Å². The summed E-state index contributed by atoms with van der Waals surface area (Å²) < 4.78 is 0. The molecular weight excluding hydrogens is 312 g/mol. The molecule has 0 aliphatic rings. The highest BCUT2D eigenvalue weighted by molar-refractivity contribution is 4.81. The van der Waals surface area contributed by atoms with Gasteiger partial charge in [0.15, 0.2) is 0 Å². The van der Waals surface area contributed by atoms with Crippen LogP contribution < -0.4 is 0 Å². The summed E-state index contributed by atoms with van der Waals surface area (Å²) in [5, 5.41) is 0. The highest BCUT2D eigenvalue weighted by Crippen LogP contribution is 2.17. The molecule has 0 aromatic carbocycles. The second-order valence-electron chi connectivity index (χ2n) is 8.68. The van der Waals surface area contributed by atoms with Gasteiger partial charge in [-0.3, -0.25) is 0 Å². The van der Waals surface area contributed by atoms with Crippen molar-refractivity contribution in [3.8, 4) is 0 Å². The second-order valence-corrected chi connectivity index (χ2v) is 8.68. The molecule has 0 saturated heterocycles. The van der Waals surface area contributed by atoms with Crippen LogP contribution in [0.25, 0.3) is 0 Å². The Morgan fingerprint density at radius 2 is 0.885 bits per heavy atom. The summed E-state index contributed by atoms with van der Waals surface area (Å²) in [5.41, 5.74) is 0. The first-order chi connectivity index (χ1) is 12.8. The van der Waals surface area contributed by atoms with Gasteiger partial charge in [-0.2, -0.15) is 0 Å². The van der Waals surface area contributed by atoms with Crippen molar-refractivity contribution in [1.82, 2.24) is 0 Å². The van der Waals surface area contributed by atoms with Crippen LogP contribution in [-0.2, 0) is 0 Å². The Morgan fingerprint density at radius 3 is 1.42 bits per heavy atom. The van der Waals surface area contributed by atoms with Gasteiger partial charge in [-0.25, -0.2) is 0 Å². The van der Waals surface area contributed by atoms with Crippen molar-refractivity contribution in [3.05, 3.63) is 12.2 Å². The molecule has 0 amide bonds. The summed E-state index contributed by atoms with van der Waals surface area (Å²) in [6.45, 7) is 7.04. The average molecular weight is 365 g/mol. The minimum absolute atomic E-state index is 0.920. The molecule has 0 rings (SSSR count). The normalized spacial score (nSPS) is 12.9. The van der Waals surface area contributed by atoms with E-state index in [9.17, 15) is 0 Å². The number of allylic oxidation sites excluding steroid dienone is 2. The van der Waals surface area contributed by atoms with Crippen molar-refractivity contribution in [2.45, 2.75) is 149 Å². The molecule has 0 aliphatic carbocycles. The van der Waals surface area contributed by atoms with Crippen LogP contribution in [0.1, 0.15) is 149 Å². The Bertz CT molecular complexity index is 265. The van der Waals surface area contributed by atoms with Gasteiger partial charge in [0, 0.05) is 0 Å². The third kappa shape index (κ3) is 21.8. The lowest BCUT2D eigenvalue weighted by Gasteiger charge is -2.09. The fraction of sp³-hybridized carbons (Fsp3) is 0.923. The highest BCUT2D eigenvalue weighted by atomic mass is 14.1. The molecule has 0 nitrogen and oxygen atoms in total. The van der Waals surface area contributed by atoms with Crippen molar-refractivity contribution in [2.75, 3.05) is 0 Å². The van der Waals surface area contributed by atoms with Gasteiger partial charge in [0.05, 0.1) is 0 Å². The van der Waals surface area contributed by atoms with E-state index in [-0.39, 0.29) is 0 Å². The molecule has 0 heteroatoms. The first-order valence-electron chi connectivity index (χ1n) is 12.5. The molecule has 0 N–H and O–H groups in total. The minimum atomic E-state index is 0.920. The SMILES string of the molecule is CCCCCCCCCCCCC=CCC[C@@H](C)CCCCCCCC. The van der Waals surface area contributed by atoms with E-state index in [2.05, 4.69) is 32.9 Å².